The van der Waals surface area contributed by atoms with E-state index in [2.05, 4.69) is 5.32 Å². The van der Waals surface area contributed by atoms with E-state index in [0.29, 0.717) is 12.5 Å². The predicted octanol–water partition coefficient (Wildman–Crippen LogP) is 3.43. The number of nitro benzene ring substituents is 1. The Balaban J connectivity index is 2.89. The van der Waals surface area contributed by atoms with Crippen LogP contribution in [-0.4, -0.2) is 22.7 Å². The van der Waals surface area contributed by atoms with Gasteiger partial charge in [-0.1, -0.05) is 13.8 Å². The summed E-state index contributed by atoms with van der Waals surface area (Å²) in [6, 6.07) is 2.68. The van der Waals surface area contributed by atoms with Crippen molar-refractivity contribution in [3.05, 3.63) is 33.9 Å². The molecule has 1 aromatic rings. The number of halogens is 3. The summed E-state index contributed by atoms with van der Waals surface area (Å²) in [7, 11) is 0. The second kappa shape index (κ2) is 6.75. The average molecular weight is 306 g/mol. The third kappa shape index (κ3) is 5.22. The zero-order valence-electron chi connectivity index (χ0n) is 11.6. The molecule has 5 nitrogen and oxygen atoms in total. The first-order chi connectivity index (χ1) is 9.61. The SMILES string of the molecule is CC(C)CC(O)CNc1ccc([N+](=O)[O-])c(C(F)(F)F)c1. The van der Waals surface area contributed by atoms with E-state index < -0.39 is 28.5 Å². The van der Waals surface area contributed by atoms with E-state index in [4.69, 9.17) is 0 Å². The Morgan fingerprint density at radius 3 is 2.48 bits per heavy atom. The van der Waals surface area contributed by atoms with Crippen molar-refractivity contribution in [1.82, 2.24) is 0 Å². The smallest absolute Gasteiger partial charge is 0.391 e. The molecule has 1 rings (SSSR count). The number of hydrogen-bond acceptors (Lipinski definition) is 4. The molecule has 0 bridgehead atoms. The number of rotatable bonds is 6. The van der Waals surface area contributed by atoms with Crippen molar-refractivity contribution >= 4 is 11.4 Å². The fourth-order valence-electron chi connectivity index (χ4n) is 1.90. The van der Waals surface area contributed by atoms with E-state index in [1.807, 2.05) is 13.8 Å². The van der Waals surface area contributed by atoms with E-state index >= 15 is 0 Å². The number of anilines is 1. The molecule has 0 aromatic heterocycles. The summed E-state index contributed by atoms with van der Waals surface area (Å²) in [5, 5.41) is 22.9. The molecule has 0 heterocycles. The molecule has 0 saturated heterocycles. The minimum absolute atomic E-state index is 0.0767. The van der Waals surface area contributed by atoms with Crippen molar-refractivity contribution in [3.63, 3.8) is 0 Å². The molecule has 1 unspecified atom stereocenters. The molecule has 0 radical (unpaired) electrons. The minimum atomic E-state index is -4.81. The zero-order chi connectivity index (χ0) is 16.2. The highest BCUT2D eigenvalue weighted by Gasteiger charge is 2.38. The Hall–Kier alpha value is -1.83. The van der Waals surface area contributed by atoms with Gasteiger partial charge in [-0.25, -0.2) is 0 Å². The highest BCUT2D eigenvalue weighted by molar-refractivity contribution is 5.55. The Labute approximate surface area is 119 Å². The molecular weight excluding hydrogens is 289 g/mol. The minimum Gasteiger partial charge on any atom is -0.391 e. The number of benzene rings is 1. The maximum Gasteiger partial charge on any atom is 0.423 e. The first kappa shape index (κ1) is 17.2. The Bertz CT molecular complexity index is 504. The summed E-state index contributed by atoms with van der Waals surface area (Å²) in [5.41, 5.74) is -2.22. The summed E-state index contributed by atoms with van der Waals surface area (Å²) in [5.74, 6) is 0.254. The van der Waals surface area contributed by atoms with Crippen LogP contribution >= 0.6 is 0 Å². The van der Waals surface area contributed by atoms with Crippen molar-refractivity contribution in [2.75, 3.05) is 11.9 Å². The molecule has 0 aliphatic rings. The van der Waals surface area contributed by atoms with Crippen molar-refractivity contribution in [3.8, 4) is 0 Å². The molecule has 8 heteroatoms. The van der Waals surface area contributed by atoms with Crippen molar-refractivity contribution < 1.29 is 23.2 Å². The normalized spacial score (nSPS) is 13.3. The van der Waals surface area contributed by atoms with Crippen molar-refractivity contribution in [2.24, 2.45) is 5.92 Å². The van der Waals surface area contributed by atoms with Gasteiger partial charge in [0.05, 0.1) is 11.0 Å². The fourth-order valence-corrected chi connectivity index (χ4v) is 1.90. The number of alkyl halides is 3. The lowest BCUT2D eigenvalue weighted by atomic mass is 10.1. The summed E-state index contributed by atoms with van der Waals surface area (Å²) >= 11 is 0. The summed E-state index contributed by atoms with van der Waals surface area (Å²) in [6.45, 7) is 3.90. The lowest BCUT2D eigenvalue weighted by Gasteiger charge is -2.15. The number of hydrogen-bond donors (Lipinski definition) is 2. The van der Waals surface area contributed by atoms with Crippen LogP contribution in [0.1, 0.15) is 25.8 Å². The van der Waals surface area contributed by atoms with Crippen LogP contribution in [0.5, 0.6) is 0 Å². The van der Waals surface area contributed by atoms with E-state index in [-0.39, 0.29) is 18.2 Å². The van der Waals surface area contributed by atoms with Gasteiger partial charge in [0.25, 0.3) is 5.69 Å². The molecule has 0 amide bonds. The van der Waals surface area contributed by atoms with Gasteiger partial charge in [-0.05, 0) is 24.5 Å². The highest BCUT2D eigenvalue weighted by Crippen LogP contribution is 2.37. The van der Waals surface area contributed by atoms with Crippen LogP contribution in [-0.2, 0) is 6.18 Å². The number of aliphatic hydroxyl groups excluding tert-OH is 1. The maximum atomic E-state index is 12.8. The fraction of sp³-hybridized carbons (Fsp3) is 0.538. The topological polar surface area (TPSA) is 75.4 Å². The maximum absolute atomic E-state index is 12.8. The van der Waals surface area contributed by atoms with Gasteiger partial charge in [0.1, 0.15) is 5.56 Å². The third-order valence-corrected chi connectivity index (χ3v) is 2.78. The Kier molecular flexibility index (Phi) is 5.54. The molecule has 118 valence electrons. The van der Waals surface area contributed by atoms with Crippen molar-refractivity contribution in [1.29, 1.82) is 0 Å². The predicted molar refractivity (Wildman–Crippen MR) is 72.0 cm³/mol. The van der Waals surface area contributed by atoms with Gasteiger partial charge in [-0.15, -0.1) is 0 Å². The zero-order valence-corrected chi connectivity index (χ0v) is 11.6. The molecule has 0 aliphatic carbocycles. The van der Waals surface area contributed by atoms with E-state index in [1.54, 1.807) is 0 Å². The Morgan fingerprint density at radius 2 is 2.00 bits per heavy atom. The molecule has 0 aliphatic heterocycles. The second-order valence-corrected chi connectivity index (χ2v) is 5.15. The lowest BCUT2D eigenvalue weighted by Crippen LogP contribution is -2.21. The van der Waals surface area contributed by atoms with Crippen LogP contribution in [0.15, 0.2) is 18.2 Å². The number of nitro groups is 1. The summed E-state index contributed by atoms with van der Waals surface area (Å²) < 4.78 is 38.3. The van der Waals surface area contributed by atoms with Crippen LogP contribution in [0.25, 0.3) is 0 Å². The molecule has 2 N–H and O–H groups in total. The van der Waals surface area contributed by atoms with E-state index in [9.17, 15) is 28.4 Å². The average Bonchev–Trinajstić information content (AvgIpc) is 2.34. The summed E-state index contributed by atoms with van der Waals surface area (Å²) in [6.07, 6.45) is -5.00. The standard InChI is InChI=1S/C13H17F3N2O3/c1-8(2)5-10(19)7-17-9-3-4-12(18(20)21)11(6-9)13(14,15)16/h3-4,6,8,10,17,19H,5,7H2,1-2H3. The first-order valence-corrected chi connectivity index (χ1v) is 6.38. The van der Waals surface area contributed by atoms with E-state index in [1.165, 1.54) is 6.07 Å². The summed E-state index contributed by atoms with van der Waals surface area (Å²) in [4.78, 5) is 9.54. The van der Waals surface area contributed by atoms with Gasteiger partial charge >= 0.3 is 6.18 Å². The van der Waals surface area contributed by atoms with Crippen molar-refractivity contribution in [2.45, 2.75) is 32.5 Å². The molecule has 0 spiro atoms. The lowest BCUT2D eigenvalue weighted by molar-refractivity contribution is -0.388. The largest absolute Gasteiger partial charge is 0.423 e. The van der Waals surface area contributed by atoms with Gasteiger partial charge in [0.15, 0.2) is 0 Å². The first-order valence-electron chi connectivity index (χ1n) is 6.38. The van der Waals surface area contributed by atoms with Crippen LogP contribution in [0, 0.1) is 16.0 Å². The number of nitrogens with zero attached hydrogens (tertiary/aromatic N) is 1. The second-order valence-electron chi connectivity index (χ2n) is 5.15. The van der Waals surface area contributed by atoms with E-state index in [0.717, 1.165) is 6.07 Å². The van der Waals surface area contributed by atoms with Crippen LogP contribution < -0.4 is 5.32 Å². The third-order valence-electron chi connectivity index (χ3n) is 2.78. The molecule has 0 saturated carbocycles. The quantitative estimate of drug-likeness (QED) is 0.623. The molecule has 1 atom stereocenters. The van der Waals surface area contributed by atoms with Gasteiger partial charge in [0, 0.05) is 18.3 Å². The van der Waals surface area contributed by atoms with Gasteiger partial charge in [-0.2, -0.15) is 13.2 Å². The van der Waals surface area contributed by atoms with Gasteiger partial charge in [-0.3, -0.25) is 10.1 Å². The molecular formula is C13H17F3N2O3. The van der Waals surface area contributed by atoms with Crippen LogP contribution in [0.2, 0.25) is 0 Å². The van der Waals surface area contributed by atoms with Gasteiger partial charge in [0.2, 0.25) is 0 Å². The Morgan fingerprint density at radius 1 is 1.38 bits per heavy atom. The van der Waals surface area contributed by atoms with Crippen LogP contribution in [0.3, 0.4) is 0 Å². The van der Waals surface area contributed by atoms with Gasteiger partial charge < -0.3 is 10.4 Å². The number of aliphatic hydroxyl groups is 1. The molecule has 1 aromatic carbocycles. The highest BCUT2D eigenvalue weighted by atomic mass is 19.4. The number of nitrogens with one attached hydrogen (secondary N) is 1. The van der Waals surface area contributed by atoms with Crippen LogP contribution in [0.4, 0.5) is 24.5 Å². The molecule has 21 heavy (non-hydrogen) atoms. The molecule has 0 fully saturated rings. The monoisotopic (exact) mass is 306 g/mol.